The molecule has 0 amide bonds. The molecular formula is C15H34. The first-order valence-electron chi connectivity index (χ1n) is 6.62. The van der Waals surface area contributed by atoms with E-state index in [9.17, 15) is 0 Å². The van der Waals surface area contributed by atoms with E-state index in [4.69, 9.17) is 0 Å². The van der Waals surface area contributed by atoms with E-state index in [1.165, 1.54) is 30.4 Å². The fourth-order valence-electron chi connectivity index (χ4n) is 0.642. The van der Waals surface area contributed by atoms with E-state index in [2.05, 4.69) is 48.5 Å². The van der Waals surface area contributed by atoms with Gasteiger partial charge in [0.15, 0.2) is 0 Å². The van der Waals surface area contributed by atoms with Crippen LogP contribution in [-0.4, -0.2) is 0 Å². The minimum atomic E-state index is 0.935. The Kier molecular flexibility index (Phi) is 21.8. The molecule has 0 spiro atoms. The molecule has 0 saturated heterocycles. The second-order valence-corrected chi connectivity index (χ2v) is 4.06. The molecule has 0 heterocycles. The lowest BCUT2D eigenvalue weighted by Gasteiger charge is -1.98. The standard InChI is InChI=1S/C7H14.C6H14.C2H6/c1-5-7(4)6(2)3;1-4-6(3)5-2;1-2/h5H2,1-4H3;6H,4-5H2,1-3H3;1-2H3. The summed E-state index contributed by atoms with van der Waals surface area (Å²) in [5, 5.41) is 0. The summed E-state index contributed by atoms with van der Waals surface area (Å²) >= 11 is 0. The molecule has 0 aromatic heterocycles. The van der Waals surface area contributed by atoms with Gasteiger partial charge in [0.05, 0.1) is 0 Å². The SMILES string of the molecule is CC.CCC(C)=C(C)C.CCC(C)CC. The summed E-state index contributed by atoms with van der Waals surface area (Å²) in [6.07, 6.45) is 3.86. The van der Waals surface area contributed by atoms with Gasteiger partial charge in [0, 0.05) is 0 Å². The highest BCUT2D eigenvalue weighted by atomic mass is 13.9. The zero-order valence-corrected chi connectivity index (χ0v) is 12.7. The van der Waals surface area contributed by atoms with Crippen molar-refractivity contribution in [1.82, 2.24) is 0 Å². The van der Waals surface area contributed by atoms with E-state index >= 15 is 0 Å². The Morgan fingerprint density at radius 3 is 1.20 bits per heavy atom. The molecule has 0 bridgehead atoms. The van der Waals surface area contributed by atoms with E-state index < -0.39 is 0 Å². The van der Waals surface area contributed by atoms with Crippen LogP contribution < -0.4 is 0 Å². The average Bonchev–Trinajstić information content (AvgIpc) is 2.30. The molecule has 94 valence electrons. The van der Waals surface area contributed by atoms with Crippen molar-refractivity contribution < 1.29 is 0 Å². The molecule has 0 aromatic carbocycles. The molecule has 0 nitrogen and oxygen atoms in total. The number of hydrogen-bond acceptors (Lipinski definition) is 0. The van der Waals surface area contributed by atoms with E-state index in [1.54, 1.807) is 0 Å². The second kappa shape index (κ2) is 16.2. The van der Waals surface area contributed by atoms with Gasteiger partial charge in [-0.1, -0.05) is 65.5 Å². The van der Waals surface area contributed by atoms with Crippen LogP contribution in [0.1, 0.15) is 81.6 Å². The lowest BCUT2D eigenvalue weighted by Crippen LogP contribution is -1.85. The first-order valence-corrected chi connectivity index (χ1v) is 6.62. The van der Waals surface area contributed by atoms with Crippen LogP contribution >= 0.6 is 0 Å². The number of rotatable bonds is 3. The molecule has 15 heavy (non-hydrogen) atoms. The maximum atomic E-state index is 2.28. The molecule has 0 saturated carbocycles. The second-order valence-electron chi connectivity index (χ2n) is 4.06. The summed E-state index contributed by atoms with van der Waals surface area (Å²) in [6, 6.07) is 0. The van der Waals surface area contributed by atoms with E-state index in [0.29, 0.717) is 0 Å². The van der Waals surface area contributed by atoms with Crippen molar-refractivity contribution >= 4 is 0 Å². The highest BCUT2D eigenvalue weighted by Crippen LogP contribution is 2.04. The highest BCUT2D eigenvalue weighted by molar-refractivity contribution is 5.05. The Balaban J connectivity index is -0.000000166. The van der Waals surface area contributed by atoms with Gasteiger partial charge in [-0.3, -0.25) is 0 Å². The fraction of sp³-hybridized carbons (Fsp3) is 0.867. The number of hydrogen-bond donors (Lipinski definition) is 0. The smallest absolute Gasteiger partial charge is 0.0349 e. The molecule has 0 rings (SSSR count). The molecule has 0 unspecified atom stereocenters. The van der Waals surface area contributed by atoms with Crippen molar-refractivity contribution in [2.24, 2.45) is 5.92 Å². The first kappa shape index (κ1) is 20.2. The normalized spacial score (nSPS) is 8.40. The maximum Gasteiger partial charge on any atom is -0.0349 e. The van der Waals surface area contributed by atoms with Crippen LogP contribution in [-0.2, 0) is 0 Å². The van der Waals surface area contributed by atoms with Crippen LogP contribution in [0.2, 0.25) is 0 Å². The van der Waals surface area contributed by atoms with E-state index in [1.807, 2.05) is 13.8 Å². The molecular weight excluding hydrogens is 180 g/mol. The van der Waals surface area contributed by atoms with Crippen LogP contribution in [0, 0.1) is 5.92 Å². The molecule has 0 heteroatoms. The zero-order chi connectivity index (χ0) is 12.9. The molecule has 0 aliphatic heterocycles. The maximum absolute atomic E-state index is 2.28. The zero-order valence-electron chi connectivity index (χ0n) is 12.7. The van der Waals surface area contributed by atoms with Crippen LogP contribution in [0.4, 0.5) is 0 Å². The quantitative estimate of drug-likeness (QED) is 0.489. The Morgan fingerprint density at radius 2 is 1.20 bits per heavy atom. The van der Waals surface area contributed by atoms with Crippen molar-refractivity contribution in [2.75, 3.05) is 0 Å². The van der Waals surface area contributed by atoms with E-state index in [0.717, 1.165) is 5.92 Å². The van der Waals surface area contributed by atoms with Crippen molar-refractivity contribution in [1.29, 1.82) is 0 Å². The third-order valence-electron chi connectivity index (χ3n) is 2.78. The summed E-state index contributed by atoms with van der Waals surface area (Å²) < 4.78 is 0. The van der Waals surface area contributed by atoms with Gasteiger partial charge in [-0.25, -0.2) is 0 Å². The first-order chi connectivity index (χ1) is 6.99. The summed E-state index contributed by atoms with van der Waals surface area (Å²) in [5.74, 6) is 0.935. The van der Waals surface area contributed by atoms with Gasteiger partial charge >= 0.3 is 0 Å². The van der Waals surface area contributed by atoms with Gasteiger partial charge in [-0.05, 0) is 33.1 Å². The van der Waals surface area contributed by atoms with Gasteiger partial charge in [0.1, 0.15) is 0 Å². The summed E-state index contributed by atoms with van der Waals surface area (Å²) in [5.41, 5.74) is 2.97. The van der Waals surface area contributed by atoms with Crippen molar-refractivity contribution in [2.45, 2.75) is 81.6 Å². The third-order valence-corrected chi connectivity index (χ3v) is 2.78. The molecule has 0 fully saturated rings. The molecule has 0 aliphatic rings. The van der Waals surface area contributed by atoms with Crippen LogP contribution in [0.25, 0.3) is 0 Å². The average molecular weight is 214 g/mol. The predicted molar refractivity (Wildman–Crippen MR) is 75.4 cm³/mol. The number of allylic oxidation sites excluding steroid dienone is 2. The Hall–Kier alpha value is -0.260. The third kappa shape index (κ3) is 20.0. The lowest BCUT2D eigenvalue weighted by atomic mass is 10.1. The van der Waals surface area contributed by atoms with Gasteiger partial charge in [0.2, 0.25) is 0 Å². The van der Waals surface area contributed by atoms with Gasteiger partial charge in [-0.2, -0.15) is 0 Å². The molecule has 0 aliphatic carbocycles. The van der Waals surface area contributed by atoms with E-state index in [-0.39, 0.29) is 0 Å². The molecule has 0 N–H and O–H groups in total. The van der Waals surface area contributed by atoms with Crippen LogP contribution in [0.3, 0.4) is 0 Å². The molecule has 0 radical (unpaired) electrons. The minimum absolute atomic E-state index is 0.935. The lowest BCUT2D eigenvalue weighted by molar-refractivity contribution is 0.544. The van der Waals surface area contributed by atoms with Crippen molar-refractivity contribution in [3.05, 3.63) is 11.1 Å². The fourth-order valence-corrected chi connectivity index (χ4v) is 0.642. The van der Waals surface area contributed by atoms with Gasteiger partial charge in [-0.15, -0.1) is 0 Å². The Bertz CT molecular complexity index is 123. The molecule has 0 atom stereocenters. The monoisotopic (exact) mass is 214 g/mol. The highest BCUT2D eigenvalue weighted by Gasteiger charge is 1.88. The Morgan fingerprint density at radius 1 is 0.867 bits per heavy atom. The van der Waals surface area contributed by atoms with Crippen LogP contribution in [0.15, 0.2) is 11.1 Å². The van der Waals surface area contributed by atoms with Crippen LogP contribution in [0.5, 0.6) is 0 Å². The van der Waals surface area contributed by atoms with Crippen molar-refractivity contribution in [3.8, 4) is 0 Å². The molecule has 0 aromatic rings. The topological polar surface area (TPSA) is 0 Å². The Labute approximate surface area is 99.2 Å². The largest absolute Gasteiger partial charge is 0.0775 e. The van der Waals surface area contributed by atoms with Gasteiger partial charge in [0.25, 0.3) is 0 Å². The van der Waals surface area contributed by atoms with Crippen molar-refractivity contribution in [3.63, 3.8) is 0 Å². The predicted octanol–water partition coefficient (Wildman–Crippen LogP) is 6.22. The minimum Gasteiger partial charge on any atom is -0.0775 e. The van der Waals surface area contributed by atoms with Gasteiger partial charge < -0.3 is 0 Å². The summed E-state index contributed by atoms with van der Waals surface area (Å²) in [4.78, 5) is 0. The summed E-state index contributed by atoms with van der Waals surface area (Å²) in [6.45, 7) is 19.4. The summed E-state index contributed by atoms with van der Waals surface area (Å²) in [7, 11) is 0.